The van der Waals surface area contributed by atoms with Crippen LogP contribution >= 0.6 is 0 Å². The Balaban J connectivity index is 2.41. The molecule has 0 bridgehead atoms. The standard InChI is InChI=1S/C15H16N2O3/c1-10-13(17(18)19)7-5-9-14(10)20-15-8-4-3-6-12(15)11(2)16/h3-9,11H,16H2,1-2H3/t11-/m0/s1. The van der Waals surface area contributed by atoms with Gasteiger partial charge in [0.15, 0.2) is 0 Å². The third-order valence-electron chi connectivity index (χ3n) is 3.08. The van der Waals surface area contributed by atoms with Gasteiger partial charge in [-0.05, 0) is 26.0 Å². The summed E-state index contributed by atoms with van der Waals surface area (Å²) in [4.78, 5) is 10.5. The van der Waals surface area contributed by atoms with Gasteiger partial charge in [0, 0.05) is 17.7 Å². The Morgan fingerprint density at radius 1 is 1.15 bits per heavy atom. The smallest absolute Gasteiger partial charge is 0.276 e. The van der Waals surface area contributed by atoms with Crippen molar-refractivity contribution in [1.29, 1.82) is 0 Å². The van der Waals surface area contributed by atoms with E-state index in [1.54, 1.807) is 25.1 Å². The number of rotatable bonds is 4. The molecule has 0 spiro atoms. The molecule has 1 atom stereocenters. The second-order valence-corrected chi connectivity index (χ2v) is 4.59. The molecule has 0 radical (unpaired) electrons. The molecule has 5 heteroatoms. The van der Waals surface area contributed by atoms with E-state index < -0.39 is 4.92 Å². The van der Waals surface area contributed by atoms with E-state index in [4.69, 9.17) is 10.5 Å². The summed E-state index contributed by atoms with van der Waals surface area (Å²) in [6.07, 6.45) is 0. The normalized spacial score (nSPS) is 11.9. The SMILES string of the molecule is Cc1c(Oc2ccccc2[C@H](C)N)cccc1[N+](=O)[O-]. The summed E-state index contributed by atoms with van der Waals surface area (Å²) >= 11 is 0. The quantitative estimate of drug-likeness (QED) is 0.679. The molecule has 0 fully saturated rings. The van der Waals surface area contributed by atoms with Gasteiger partial charge in [-0.15, -0.1) is 0 Å². The summed E-state index contributed by atoms with van der Waals surface area (Å²) in [5, 5.41) is 10.9. The summed E-state index contributed by atoms with van der Waals surface area (Å²) < 4.78 is 5.81. The fraction of sp³-hybridized carbons (Fsp3) is 0.200. The van der Waals surface area contributed by atoms with Crippen molar-refractivity contribution in [2.24, 2.45) is 5.73 Å². The first-order chi connectivity index (χ1) is 9.50. The van der Waals surface area contributed by atoms with Gasteiger partial charge in [-0.2, -0.15) is 0 Å². The molecule has 2 N–H and O–H groups in total. The number of hydrogen-bond acceptors (Lipinski definition) is 4. The molecule has 0 saturated carbocycles. The molecule has 20 heavy (non-hydrogen) atoms. The molecule has 2 aromatic carbocycles. The fourth-order valence-electron chi connectivity index (χ4n) is 1.98. The zero-order valence-electron chi connectivity index (χ0n) is 11.4. The van der Waals surface area contributed by atoms with E-state index in [0.29, 0.717) is 17.1 Å². The lowest BCUT2D eigenvalue weighted by Crippen LogP contribution is -2.06. The number of hydrogen-bond donors (Lipinski definition) is 1. The number of nitrogens with two attached hydrogens (primary N) is 1. The maximum atomic E-state index is 10.9. The van der Waals surface area contributed by atoms with Crippen LogP contribution in [-0.2, 0) is 0 Å². The summed E-state index contributed by atoms with van der Waals surface area (Å²) in [5.74, 6) is 1.08. The average Bonchev–Trinajstić information content (AvgIpc) is 2.41. The first-order valence-electron chi connectivity index (χ1n) is 6.27. The van der Waals surface area contributed by atoms with Crippen molar-refractivity contribution >= 4 is 5.69 Å². The van der Waals surface area contributed by atoms with Crippen molar-refractivity contribution < 1.29 is 9.66 Å². The lowest BCUT2D eigenvalue weighted by Gasteiger charge is -2.14. The molecule has 104 valence electrons. The molecular weight excluding hydrogens is 256 g/mol. The number of nitro benzene ring substituents is 1. The Labute approximate surface area is 117 Å². The van der Waals surface area contributed by atoms with Crippen molar-refractivity contribution in [3.8, 4) is 11.5 Å². The number of benzene rings is 2. The van der Waals surface area contributed by atoms with Gasteiger partial charge in [0.1, 0.15) is 11.5 Å². The molecule has 0 aliphatic heterocycles. The van der Waals surface area contributed by atoms with E-state index in [2.05, 4.69) is 0 Å². The lowest BCUT2D eigenvalue weighted by molar-refractivity contribution is -0.385. The van der Waals surface area contributed by atoms with Crippen molar-refractivity contribution in [2.45, 2.75) is 19.9 Å². The Kier molecular flexibility index (Phi) is 4.00. The van der Waals surface area contributed by atoms with E-state index in [1.165, 1.54) is 6.07 Å². The molecule has 2 rings (SSSR count). The van der Waals surface area contributed by atoms with Crippen LogP contribution in [0.1, 0.15) is 24.1 Å². The van der Waals surface area contributed by atoms with Gasteiger partial charge in [0.25, 0.3) is 5.69 Å². The van der Waals surface area contributed by atoms with Crippen LogP contribution in [0.15, 0.2) is 42.5 Å². The summed E-state index contributed by atoms with van der Waals surface area (Å²) in [6.45, 7) is 3.53. The molecule has 0 saturated heterocycles. The minimum atomic E-state index is -0.417. The number of nitrogens with zero attached hydrogens (tertiary/aromatic N) is 1. The third-order valence-corrected chi connectivity index (χ3v) is 3.08. The molecule has 0 aliphatic carbocycles. The zero-order chi connectivity index (χ0) is 14.7. The maximum Gasteiger partial charge on any atom is 0.276 e. The predicted molar refractivity (Wildman–Crippen MR) is 77.0 cm³/mol. The maximum absolute atomic E-state index is 10.9. The van der Waals surface area contributed by atoms with Crippen LogP contribution in [0.2, 0.25) is 0 Å². The molecule has 0 aromatic heterocycles. The van der Waals surface area contributed by atoms with Gasteiger partial charge in [-0.1, -0.05) is 24.3 Å². The van der Waals surface area contributed by atoms with Crippen LogP contribution in [0.3, 0.4) is 0 Å². The first kappa shape index (κ1) is 14.0. The Hall–Kier alpha value is -2.40. The summed E-state index contributed by atoms with van der Waals surface area (Å²) in [5.41, 5.74) is 7.30. The highest BCUT2D eigenvalue weighted by molar-refractivity contribution is 5.50. The van der Waals surface area contributed by atoms with Crippen LogP contribution in [0, 0.1) is 17.0 Å². The van der Waals surface area contributed by atoms with Gasteiger partial charge in [-0.25, -0.2) is 0 Å². The third kappa shape index (κ3) is 2.78. The average molecular weight is 272 g/mol. The second-order valence-electron chi connectivity index (χ2n) is 4.59. The highest BCUT2D eigenvalue weighted by Gasteiger charge is 2.16. The van der Waals surface area contributed by atoms with Crippen LogP contribution in [-0.4, -0.2) is 4.92 Å². The van der Waals surface area contributed by atoms with Gasteiger partial charge in [0.2, 0.25) is 0 Å². The van der Waals surface area contributed by atoms with Crippen molar-refractivity contribution in [3.05, 3.63) is 63.7 Å². The monoisotopic (exact) mass is 272 g/mol. The number of para-hydroxylation sites is 1. The Bertz CT molecular complexity index is 639. The number of nitro groups is 1. The molecule has 0 amide bonds. The van der Waals surface area contributed by atoms with E-state index >= 15 is 0 Å². The highest BCUT2D eigenvalue weighted by atomic mass is 16.6. The van der Waals surface area contributed by atoms with Gasteiger partial charge in [0.05, 0.1) is 10.5 Å². The molecule has 2 aromatic rings. The first-order valence-corrected chi connectivity index (χ1v) is 6.27. The van der Waals surface area contributed by atoms with Crippen molar-refractivity contribution in [3.63, 3.8) is 0 Å². The summed E-state index contributed by atoms with van der Waals surface area (Å²) in [6, 6.07) is 12.0. The number of ether oxygens (including phenoxy) is 1. The Morgan fingerprint density at radius 2 is 1.80 bits per heavy atom. The molecule has 0 heterocycles. The van der Waals surface area contributed by atoms with Gasteiger partial charge < -0.3 is 10.5 Å². The van der Waals surface area contributed by atoms with Gasteiger partial charge >= 0.3 is 0 Å². The molecule has 0 unspecified atom stereocenters. The van der Waals surface area contributed by atoms with Crippen molar-refractivity contribution in [2.75, 3.05) is 0 Å². The van der Waals surface area contributed by atoms with E-state index in [9.17, 15) is 10.1 Å². The molecule has 5 nitrogen and oxygen atoms in total. The zero-order valence-corrected chi connectivity index (χ0v) is 11.4. The van der Waals surface area contributed by atoms with Gasteiger partial charge in [-0.3, -0.25) is 10.1 Å². The highest BCUT2D eigenvalue weighted by Crippen LogP contribution is 2.33. The van der Waals surface area contributed by atoms with E-state index in [-0.39, 0.29) is 11.7 Å². The van der Waals surface area contributed by atoms with Crippen LogP contribution in [0.5, 0.6) is 11.5 Å². The predicted octanol–water partition coefficient (Wildman–Crippen LogP) is 3.72. The topological polar surface area (TPSA) is 78.4 Å². The second kappa shape index (κ2) is 5.71. The lowest BCUT2D eigenvalue weighted by atomic mass is 10.1. The summed E-state index contributed by atoms with van der Waals surface area (Å²) in [7, 11) is 0. The molecule has 0 aliphatic rings. The minimum absolute atomic E-state index is 0.0424. The van der Waals surface area contributed by atoms with E-state index in [1.807, 2.05) is 25.1 Å². The van der Waals surface area contributed by atoms with E-state index in [0.717, 1.165) is 5.56 Å². The molecular formula is C15H16N2O3. The van der Waals surface area contributed by atoms with Crippen LogP contribution < -0.4 is 10.5 Å². The fourth-order valence-corrected chi connectivity index (χ4v) is 1.98. The van der Waals surface area contributed by atoms with Crippen molar-refractivity contribution in [1.82, 2.24) is 0 Å². The minimum Gasteiger partial charge on any atom is -0.456 e. The Morgan fingerprint density at radius 3 is 2.45 bits per heavy atom. The van der Waals surface area contributed by atoms with Crippen LogP contribution in [0.4, 0.5) is 5.69 Å². The largest absolute Gasteiger partial charge is 0.456 e. The van der Waals surface area contributed by atoms with Crippen LogP contribution in [0.25, 0.3) is 0 Å².